The molecule has 4 atom stereocenters. The molecule has 1 saturated heterocycles. The van der Waals surface area contributed by atoms with Gasteiger partial charge in [0, 0.05) is 38.3 Å². The average molecular weight is 324 g/mol. The molecule has 0 spiro atoms. The van der Waals surface area contributed by atoms with E-state index in [2.05, 4.69) is 40.0 Å². The SMILES string of the molecule is Cn1cc([C@H]2CNC[C@@H]2C(=O)NC2CC2Cc2ccccc2)cn1. The molecule has 2 N–H and O–H groups in total. The van der Waals surface area contributed by atoms with E-state index < -0.39 is 0 Å². The number of carbonyl (C=O) groups is 1. The fourth-order valence-electron chi connectivity index (χ4n) is 3.79. The Morgan fingerprint density at radius 1 is 1.33 bits per heavy atom. The van der Waals surface area contributed by atoms with Crippen molar-refractivity contribution in [1.29, 1.82) is 0 Å². The fraction of sp³-hybridized carbons (Fsp3) is 0.474. The normalized spacial score (nSPS) is 28.7. The molecule has 5 nitrogen and oxygen atoms in total. The summed E-state index contributed by atoms with van der Waals surface area (Å²) in [6.45, 7) is 1.60. The first-order chi connectivity index (χ1) is 11.7. The van der Waals surface area contributed by atoms with E-state index in [1.165, 1.54) is 5.56 Å². The van der Waals surface area contributed by atoms with Gasteiger partial charge >= 0.3 is 0 Å². The highest BCUT2D eigenvalue weighted by molar-refractivity contribution is 5.81. The molecule has 1 aliphatic carbocycles. The van der Waals surface area contributed by atoms with E-state index in [9.17, 15) is 4.79 Å². The van der Waals surface area contributed by atoms with Gasteiger partial charge in [0.15, 0.2) is 0 Å². The van der Waals surface area contributed by atoms with Crippen molar-refractivity contribution in [1.82, 2.24) is 20.4 Å². The van der Waals surface area contributed by atoms with Crippen LogP contribution in [0.1, 0.15) is 23.5 Å². The van der Waals surface area contributed by atoms with Gasteiger partial charge in [-0.1, -0.05) is 30.3 Å². The van der Waals surface area contributed by atoms with E-state index >= 15 is 0 Å². The maximum Gasteiger partial charge on any atom is 0.225 e. The fourth-order valence-corrected chi connectivity index (χ4v) is 3.79. The Morgan fingerprint density at radius 3 is 2.92 bits per heavy atom. The third-order valence-corrected chi connectivity index (χ3v) is 5.29. The third kappa shape index (κ3) is 3.22. The molecule has 2 fully saturated rings. The Balaban J connectivity index is 1.33. The van der Waals surface area contributed by atoms with Gasteiger partial charge in [0.2, 0.25) is 5.91 Å². The zero-order valence-electron chi connectivity index (χ0n) is 14.0. The van der Waals surface area contributed by atoms with Gasteiger partial charge in [-0.2, -0.15) is 5.10 Å². The summed E-state index contributed by atoms with van der Waals surface area (Å²) in [5, 5.41) is 10.9. The van der Waals surface area contributed by atoms with Crippen LogP contribution in [0.25, 0.3) is 0 Å². The summed E-state index contributed by atoms with van der Waals surface area (Å²) in [6, 6.07) is 10.9. The third-order valence-electron chi connectivity index (χ3n) is 5.29. The molecule has 1 aliphatic heterocycles. The van der Waals surface area contributed by atoms with Gasteiger partial charge in [0.25, 0.3) is 0 Å². The van der Waals surface area contributed by atoms with Crippen LogP contribution in [0, 0.1) is 11.8 Å². The Hall–Kier alpha value is -2.14. The second-order valence-electron chi connectivity index (χ2n) is 7.12. The maximum atomic E-state index is 12.7. The van der Waals surface area contributed by atoms with E-state index in [4.69, 9.17) is 0 Å². The maximum absolute atomic E-state index is 12.7. The second-order valence-corrected chi connectivity index (χ2v) is 7.12. The Labute approximate surface area is 142 Å². The van der Waals surface area contributed by atoms with Crippen LogP contribution >= 0.6 is 0 Å². The largest absolute Gasteiger partial charge is 0.353 e. The Bertz CT molecular complexity index is 711. The number of hydrogen-bond donors (Lipinski definition) is 2. The van der Waals surface area contributed by atoms with Crippen molar-refractivity contribution in [3.8, 4) is 0 Å². The highest BCUT2D eigenvalue weighted by atomic mass is 16.2. The molecule has 1 amide bonds. The van der Waals surface area contributed by atoms with E-state index in [-0.39, 0.29) is 17.7 Å². The minimum absolute atomic E-state index is 0.00664. The number of benzene rings is 1. The number of carbonyl (C=O) groups excluding carboxylic acids is 1. The van der Waals surface area contributed by atoms with Gasteiger partial charge in [0.05, 0.1) is 12.1 Å². The molecule has 2 unspecified atom stereocenters. The first-order valence-corrected chi connectivity index (χ1v) is 8.74. The number of nitrogens with zero attached hydrogens (tertiary/aromatic N) is 2. The van der Waals surface area contributed by atoms with Crippen molar-refractivity contribution in [2.75, 3.05) is 13.1 Å². The summed E-state index contributed by atoms with van der Waals surface area (Å²) in [5.74, 6) is 1.01. The number of rotatable bonds is 5. The smallest absolute Gasteiger partial charge is 0.225 e. The van der Waals surface area contributed by atoms with Gasteiger partial charge < -0.3 is 10.6 Å². The molecule has 126 valence electrons. The molecule has 24 heavy (non-hydrogen) atoms. The van der Waals surface area contributed by atoms with Crippen molar-refractivity contribution >= 4 is 5.91 Å². The summed E-state index contributed by atoms with van der Waals surface area (Å²) < 4.78 is 1.80. The van der Waals surface area contributed by atoms with Crippen LogP contribution in [0.5, 0.6) is 0 Å². The van der Waals surface area contributed by atoms with Crippen LogP contribution in [0.15, 0.2) is 42.7 Å². The van der Waals surface area contributed by atoms with E-state index in [1.54, 1.807) is 4.68 Å². The Morgan fingerprint density at radius 2 is 2.17 bits per heavy atom. The minimum atomic E-state index is 0.00664. The number of amides is 1. The van der Waals surface area contributed by atoms with Gasteiger partial charge in [-0.3, -0.25) is 9.48 Å². The number of aromatic nitrogens is 2. The molecule has 1 saturated carbocycles. The minimum Gasteiger partial charge on any atom is -0.353 e. The van der Waals surface area contributed by atoms with Crippen LogP contribution in [0.4, 0.5) is 0 Å². The molecule has 5 heteroatoms. The Kier molecular flexibility index (Phi) is 4.10. The average Bonchev–Trinajstić information content (AvgIpc) is 3.00. The monoisotopic (exact) mass is 324 g/mol. The summed E-state index contributed by atoms with van der Waals surface area (Å²) in [5.41, 5.74) is 2.51. The lowest BCUT2D eigenvalue weighted by Gasteiger charge is -2.17. The molecule has 1 aromatic heterocycles. The lowest BCUT2D eigenvalue weighted by molar-refractivity contribution is -0.125. The van der Waals surface area contributed by atoms with E-state index in [0.717, 1.165) is 31.5 Å². The predicted molar refractivity (Wildman–Crippen MR) is 92.5 cm³/mol. The number of aryl methyl sites for hydroxylation is 1. The second kappa shape index (κ2) is 6.40. The lowest BCUT2D eigenvalue weighted by atomic mass is 9.90. The van der Waals surface area contributed by atoms with Crippen LogP contribution in [-0.4, -0.2) is 34.8 Å². The van der Waals surface area contributed by atoms with Gasteiger partial charge in [-0.05, 0) is 29.9 Å². The molecular weight excluding hydrogens is 300 g/mol. The van der Waals surface area contributed by atoms with Crippen LogP contribution in [-0.2, 0) is 18.3 Å². The van der Waals surface area contributed by atoms with Crippen molar-refractivity contribution in [3.05, 3.63) is 53.9 Å². The molecule has 0 radical (unpaired) electrons. The molecule has 0 bridgehead atoms. The van der Waals surface area contributed by atoms with Gasteiger partial charge in [0.1, 0.15) is 0 Å². The van der Waals surface area contributed by atoms with Crippen LogP contribution in [0.3, 0.4) is 0 Å². The molecular formula is C19H24N4O. The molecule has 2 aliphatic rings. The first kappa shape index (κ1) is 15.4. The highest BCUT2D eigenvalue weighted by Gasteiger charge is 2.41. The van der Waals surface area contributed by atoms with Crippen molar-refractivity contribution < 1.29 is 4.79 Å². The van der Waals surface area contributed by atoms with Gasteiger partial charge in [-0.15, -0.1) is 0 Å². The lowest BCUT2D eigenvalue weighted by Crippen LogP contribution is -2.36. The van der Waals surface area contributed by atoms with E-state index in [0.29, 0.717) is 12.0 Å². The molecule has 2 heterocycles. The first-order valence-electron chi connectivity index (χ1n) is 8.74. The number of nitrogens with one attached hydrogen (secondary N) is 2. The van der Waals surface area contributed by atoms with E-state index in [1.807, 2.05) is 25.5 Å². The van der Waals surface area contributed by atoms with Gasteiger partial charge in [-0.25, -0.2) is 0 Å². The standard InChI is InChI=1S/C19H24N4O/c1-23-12-15(9-21-23)16-10-20-11-17(16)19(24)22-18-8-14(18)7-13-5-3-2-4-6-13/h2-6,9,12,14,16-18,20H,7-8,10-11H2,1H3,(H,22,24)/t14?,16-,17+,18?/m1/s1. The quantitative estimate of drug-likeness (QED) is 0.876. The molecule has 2 aromatic rings. The highest BCUT2D eigenvalue weighted by Crippen LogP contribution is 2.35. The predicted octanol–water partition coefficient (Wildman–Crippen LogP) is 1.47. The molecule has 1 aromatic carbocycles. The zero-order valence-corrected chi connectivity index (χ0v) is 14.0. The summed E-state index contributed by atoms with van der Waals surface area (Å²) >= 11 is 0. The molecule has 4 rings (SSSR count). The van der Waals surface area contributed by atoms with Crippen molar-refractivity contribution in [2.45, 2.75) is 24.8 Å². The van der Waals surface area contributed by atoms with Crippen molar-refractivity contribution in [3.63, 3.8) is 0 Å². The summed E-state index contributed by atoms with van der Waals surface area (Å²) in [7, 11) is 1.92. The summed E-state index contributed by atoms with van der Waals surface area (Å²) in [4.78, 5) is 12.7. The van der Waals surface area contributed by atoms with Crippen molar-refractivity contribution in [2.24, 2.45) is 18.9 Å². The van der Waals surface area contributed by atoms with Crippen LogP contribution < -0.4 is 10.6 Å². The topological polar surface area (TPSA) is 59.0 Å². The number of hydrogen-bond acceptors (Lipinski definition) is 3. The summed E-state index contributed by atoms with van der Waals surface area (Å²) in [6.07, 6.45) is 6.06. The zero-order chi connectivity index (χ0) is 16.5. The van der Waals surface area contributed by atoms with Crippen LogP contribution in [0.2, 0.25) is 0 Å².